The highest BCUT2D eigenvalue weighted by atomic mass is 15.3. The number of aryl methyl sites for hydroxylation is 2. The molecule has 1 heterocycles. The molecule has 2 rings (SSSR count). The number of aromatic nitrogens is 2. The Labute approximate surface area is 129 Å². The lowest BCUT2D eigenvalue weighted by Crippen LogP contribution is -2.38. The highest BCUT2D eigenvalue weighted by molar-refractivity contribution is 5.12. The van der Waals surface area contributed by atoms with E-state index in [4.69, 9.17) is 5.84 Å². The van der Waals surface area contributed by atoms with Crippen LogP contribution in [0.1, 0.15) is 70.2 Å². The molecule has 0 amide bonds. The maximum absolute atomic E-state index is 5.83. The third-order valence-electron chi connectivity index (χ3n) is 4.86. The molecular formula is C17H32N4. The molecule has 21 heavy (non-hydrogen) atoms. The van der Waals surface area contributed by atoms with Crippen LogP contribution in [-0.2, 0) is 19.4 Å². The first-order valence-electron chi connectivity index (χ1n) is 8.78. The maximum Gasteiger partial charge on any atom is 0.0624 e. The van der Waals surface area contributed by atoms with Crippen molar-refractivity contribution in [1.29, 1.82) is 0 Å². The van der Waals surface area contributed by atoms with Gasteiger partial charge in [-0.25, -0.2) is 0 Å². The summed E-state index contributed by atoms with van der Waals surface area (Å²) in [6.07, 6.45) is 11.6. The molecule has 1 saturated carbocycles. The SMILES string of the molecule is CCc1cc(CC(CC2CCCCCC2)NN)n(CC)n1. The van der Waals surface area contributed by atoms with Crippen molar-refractivity contribution in [1.82, 2.24) is 15.2 Å². The molecule has 1 aromatic heterocycles. The van der Waals surface area contributed by atoms with Crippen molar-refractivity contribution >= 4 is 0 Å². The van der Waals surface area contributed by atoms with E-state index in [1.165, 1.54) is 56.3 Å². The molecule has 120 valence electrons. The highest BCUT2D eigenvalue weighted by Gasteiger charge is 2.19. The molecule has 1 aliphatic carbocycles. The summed E-state index contributed by atoms with van der Waals surface area (Å²) in [6.45, 7) is 5.26. The van der Waals surface area contributed by atoms with Gasteiger partial charge in [-0.05, 0) is 31.7 Å². The third-order valence-corrected chi connectivity index (χ3v) is 4.86. The largest absolute Gasteiger partial charge is 0.271 e. The van der Waals surface area contributed by atoms with Crippen molar-refractivity contribution in [3.63, 3.8) is 0 Å². The van der Waals surface area contributed by atoms with Gasteiger partial charge in [-0.15, -0.1) is 0 Å². The number of nitrogens with zero attached hydrogens (tertiary/aromatic N) is 2. The fourth-order valence-corrected chi connectivity index (χ4v) is 3.59. The van der Waals surface area contributed by atoms with E-state index in [-0.39, 0.29) is 0 Å². The van der Waals surface area contributed by atoms with Gasteiger partial charge in [0.15, 0.2) is 0 Å². The van der Waals surface area contributed by atoms with Crippen molar-refractivity contribution in [2.24, 2.45) is 11.8 Å². The van der Waals surface area contributed by atoms with Crippen molar-refractivity contribution in [2.75, 3.05) is 0 Å². The van der Waals surface area contributed by atoms with E-state index in [2.05, 4.69) is 35.1 Å². The van der Waals surface area contributed by atoms with E-state index in [0.717, 1.165) is 25.3 Å². The predicted octanol–water partition coefficient (Wildman–Crippen LogP) is 3.20. The van der Waals surface area contributed by atoms with E-state index in [0.29, 0.717) is 6.04 Å². The van der Waals surface area contributed by atoms with Gasteiger partial charge in [0.1, 0.15) is 0 Å². The molecule has 3 N–H and O–H groups in total. The monoisotopic (exact) mass is 292 g/mol. The quantitative estimate of drug-likeness (QED) is 0.461. The Kier molecular flexibility index (Phi) is 6.71. The first-order chi connectivity index (χ1) is 10.3. The van der Waals surface area contributed by atoms with E-state index in [1.54, 1.807) is 0 Å². The summed E-state index contributed by atoms with van der Waals surface area (Å²) in [5.74, 6) is 6.67. The standard InChI is InChI=1S/C17H32N4/c1-3-15-12-17(21(4-2)20-15)13-16(19-18)11-14-9-7-5-6-8-10-14/h12,14,16,19H,3-11,13,18H2,1-2H3. The third kappa shape index (κ3) is 4.82. The zero-order valence-corrected chi connectivity index (χ0v) is 13.8. The second kappa shape index (κ2) is 8.54. The minimum Gasteiger partial charge on any atom is -0.271 e. The van der Waals surface area contributed by atoms with Gasteiger partial charge >= 0.3 is 0 Å². The first-order valence-corrected chi connectivity index (χ1v) is 8.78. The normalized spacial score (nSPS) is 18.6. The van der Waals surface area contributed by atoms with Gasteiger partial charge < -0.3 is 0 Å². The fourth-order valence-electron chi connectivity index (χ4n) is 3.59. The molecule has 1 unspecified atom stereocenters. The Morgan fingerprint density at radius 2 is 2.00 bits per heavy atom. The molecule has 0 aliphatic heterocycles. The second-order valence-electron chi connectivity index (χ2n) is 6.46. The fraction of sp³-hybridized carbons (Fsp3) is 0.824. The molecule has 4 heteroatoms. The molecule has 0 spiro atoms. The lowest BCUT2D eigenvalue weighted by atomic mass is 9.91. The topological polar surface area (TPSA) is 55.9 Å². The Morgan fingerprint density at radius 3 is 2.57 bits per heavy atom. The van der Waals surface area contributed by atoms with Crippen LogP contribution in [0.4, 0.5) is 0 Å². The van der Waals surface area contributed by atoms with Crippen LogP contribution < -0.4 is 11.3 Å². The van der Waals surface area contributed by atoms with Gasteiger partial charge in [-0.3, -0.25) is 16.0 Å². The van der Waals surface area contributed by atoms with E-state index in [1.807, 2.05) is 0 Å². The molecule has 1 aliphatic rings. The Morgan fingerprint density at radius 1 is 1.29 bits per heavy atom. The number of hydrogen-bond acceptors (Lipinski definition) is 3. The van der Waals surface area contributed by atoms with E-state index in [9.17, 15) is 0 Å². The van der Waals surface area contributed by atoms with Gasteiger partial charge in [0.2, 0.25) is 0 Å². The summed E-state index contributed by atoms with van der Waals surface area (Å²) >= 11 is 0. The number of nitrogens with two attached hydrogens (primary N) is 1. The molecule has 0 aromatic carbocycles. The number of rotatable bonds is 7. The van der Waals surface area contributed by atoms with Crippen molar-refractivity contribution < 1.29 is 0 Å². The van der Waals surface area contributed by atoms with Crippen LogP contribution in [0, 0.1) is 5.92 Å². The molecule has 0 saturated heterocycles. The minimum absolute atomic E-state index is 0.375. The van der Waals surface area contributed by atoms with Crippen LogP contribution in [0.2, 0.25) is 0 Å². The number of nitrogens with one attached hydrogen (secondary N) is 1. The molecule has 1 atom stereocenters. The first kappa shape index (κ1) is 16.5. The van der Waals surface area contributed by atoms with E-state index < -0.39 is 0 Å². The molecule has 1 aromatic rings. The van der Waals surface area contributed by atoms with Crippen LogP contribution in [-0.4, -0.2) is 15.8 Å². The highest BCUT2D eigenvalue weighted by Crippen LogP contribution is 2.27. The van der Waals surface area contributed by atoms with Gasteiger partial charge in [0.25, 0.3) is 0 Å². The average Bonchev–Trinajstić information content (AvgIpc) is 2.72. The lowest BCUT2D eigenvalue weighted by molar-refractivity contribution is 0.348. The summed E-state index contributed by atoms with van der Waals surface area (Å²) in [4.78, 5) is 0. The van der Waals surface area contributed by atoms with Crippen molar-refractivity contribution in [3.8, 4) is 0 Å². The molecule has 4 nitrogen and oxygen atoms in total. The second-order valence-corrected chi connectivity index (χ2v) is 6.46. The summed E-state index contributed by atoms with van der Waals surface area (Å²) in [7, 11) is 0. The van der Waals surface area contributed by atoms with Gasteiger partial charge in [-0.2, -0.15) is 5.10 Å². The van der Waals surface area contributed by atoms with Crippen LogP contribution in [0.15, 0.2) is 6.07 Å². The van der Waals surface area contributed by atoms with Gasteiger partial charge in [-0.1, -0.05) is 45.4 Å². The molecule has 0 radical (unpaired) electrons. The molecular weight excluding hydrogens is 260 g/mol. The number of hydrazine groups is 1. The summed E-state index contributed by atoms with van der Waals surface area (Å²) in [6, 6.07) is 2.63. The van der Waals surface area contributed by atoms with Gasteiger partial charge in [0.05, 0.1) is 5.69 Å². The van der Waals surface area contributed by atoms with Crippen LogP contribution in [0.25, 0.3) is 0 Å². The zero-order valence-electron chi connectivity index (χ0n) is 13.8. The Hall–Kier alpha value is -0.870. The number of hydrogen-bond donors (Lipinski definition) is 2. The average molecular weight is 292 g/mol. The zero-order chi connectivity index (χ0) is 15.1. The minimum atomic E-state index is 0.375. The van der Waals surface area contributed by atoms with Crippen LogP contribution >= 0.6 is 0 Å². The van der Waals surface area contributed by atoms with Gasteiger partial charge in [0, 0.05) is 24.7 Å². The smallest absolute Gasteiger partial charge is 0.0624 e. The van der Waals surface area contributed by atoms with E-state index >= 15 is 0 Å². The molecule has 1 fully saturated rings. The predicted molar refractivity (Wildman–Crippen MR) is 87.9 cm³/mol. The summed E-state index contributed by atoms with van der Waals surface area (Å²) in [5.41, 5.74) is 5.57. The van der Waals surface area contributed by atoms with Crippen molar-refractivity contribution in [3.05, 3.63) is 17.5 Å². The lowest BCUT2D eigenvalue weighted by Gasteiger charge is -2.22. The van der Waals surface area contributed by atoms with Crippen LogP contribution in [0.5, 0.6) is 0 Å². The Bertz CT molecular complexity index is 405. The van der Waals surface area contributed by atoms with Crippen LogP contribution in [0.3, 0.4) is 0 Å². The van der Waals surface area contributed by atoms with Crippen molar-refractivity contribution in [2.45, 2.75) is 84.2 Å². The summed E-state index contributed by atoms with van der Waals surface area (Å²) < 4.78 is 2.14. The maximum atomic E-state index is 5.83. The Balaban J connectivity index is 1.96. The molecule has 0 bridgehead atoms. The summed E-state index contributed by atoms with van der Waals surface area (Å²) in [5, 5.41) is 4.64.